The molecular formula is C20H21F3N2O. The maximum atomic E-state index is 13.0. The number of para-hydroxylation sites is 1. The van der Waals surface area contributed by atoms with Crippen molar-refractivity contribution in [2.24, 2.45) is 5.92 Å². The summed E-state index contributed by atoms with van der Waals surface area (Å²) in [6.07, 6.45) is -3.19. The van der Waals surface area contributed by atoms with Gasteiger partial charge in [-0.15, -0.1) is 0 Å². The van der Waals surface area contributed by atoms with Gasteiger partial charge in [-0.05, 0) is 43.6 Å². The van der Waals surface area contributed by atoms with Crippen molar-refractivity contribution in [1.29, 1.82) is 0 Å². The Labute approximate surface area is 150 Å². The first-order valence-corrected chi connectivity index (χ1v) is 8.67. The highest BCUT2D eigenvalue weighted by atomic mass is 19.4. The predicted octanol–water partition coefficient (Wildman–Crippen LogP) is 4.56. The van der Waals surface area contributed by atoms with Gasteiger partial charge in [0.25, 0.3) is 0 Å². The van der Waals surface area contributed by atoms with E-state index in [0.29, 0.717) is 12.8 Å². The number of hydrogen-bond acceptors (Lipinski definition) is 2. The number of hydrogen-bond donors (Lipinski definition) is 1. The van der Waals surface area contributed by atoms with Gasteiger partial charge >= 0.3 is 6.18 Å². The molecule has 0 radical (unpaired) electrons. The zero-order valence-corrected chi connectivity index (χ0v) is 14.3. The summed E-state index contributed by atoms with van der Waals surface area (Å²) in [5.41, 5.74) is 0.237. The summed E-state index contributed by atoms with van der Waals surface area (Å²) in [5, 5.41) is 2.47. The third-order valence-electron chi connectivity index (χ3n) is 4.70. The molecule has 1 amide bonds. The van der Waals surface area contributed by atoms with E-state index in [1.54, 1.807) is 0 Å². The van der Waals surface area contributed by atoms with Crippen LogP contribution in [0.1, 0.15) is 24.0 Å². The zero-order chi connectivity index (χ0) is 18.6. The van der Waals surface area contributed by atoms with E-state index >= 15 is 0 Å². The first kappa shape index (κ1) is 18.5. The topological polar surface area (TPSA) is 32.3 Å². The summed E-state index contributed by atoms with van der Waals surface area (Å²) in [4.78, 5) is 14.7. The third kappa shape index (κ3) is 4.64. The Morgan fingerprint density at radius 3 is 2.27 bits per heavy atom. The SMILES string of the molecule is O=C(Nc1ccccc1C(F)(F)F)C1CCN(Cc2ccccc2)CC1. The Morgan fingerprint density at radius 2 is 1.62 bits per heavy atom. The highest BCUT2D eigenvalue weighted by Crippen LogP contribution is 2.35. The predicted molar refractivity (Wildman–Crippen MR) is 94.5 cm³/mol. The summed E-state index contributed by atoms with van der Waals surface area (Å²) >= 11 is 0. The van der Waals surface area contributed by atoms with Gasteiger partial charge in [0.2, 0.25) is 5.91 Å². The normalized spacial score (nSPS) is 16.4. The van der Waals surface area contributed by atoms with Crippen LogP contribution in [0.3, 0.4) is 0 Å². The van der Waals surface area contributed by atoms with Crippen LogP contribution in [0.15, 0.2) is 54.6 Å². The van der Waals surface area contributed by atoms with Crippen molar-refractivity contribution in [1.82, 2.24) is 4.90 Å². The molecule has 1 fully saturated rings. The number of likely N-dealkylation sites (tertiary alicyclic amines) is 1. The van der Waals surface area contributed by atoms with Gasteiger partial charge in [-0.2, -0.15) is 13.2 Å². The Morgan fingerprint density at radius 1 is 1.00 bits per heavy atom. The minimum absolute atomic E-state index is 0.170. The number of alkyl halides is 3. The van der Waals surface area contributed by atoms with Crippen LogP contribution in [-0.2, 0) is 17.5 Å². The van der Waals surface area contributed by atoms with Crippen molar-refractivity contribution < 1.29 is 18.0 Å². The minimum atomic E-state index is -4.48. The van der Waals surface area contributed by atoms with E-state index in [1.165, 1.54) is 23.8 Å². The Bertz CT molecular complexity index is 738. The van der Waals surface area contributed by atoms with Gasteiger partial charge in [0.1, 0.15) is 0 Å². The molecule has 0 unspecified atom stereocenters. The van der Waals surface area contributed by atoms with Crippen LogP contribution >= 0.6 is 0 Å². The van der Waals surface area contributed by atoms with Crippen molar-refractivity contribution in [3.05, 3.63) is 65.7 Å². The molecule has 1 saturated heterocycles. The molecule has 0 atom stereocenters. The van der Waals surface area contributed by atoms with Crippen LogP contribution in [0.2, 0.25) is 0 Å². The van der Waals surface area contributed by atoms with E-state index in [0.717, 1.165) is 25.7 Å². The number of piperidine rings is 1. The van der Waals surface area contributed by atoms with E-state index in [9.17, 15) is 18.0 Å². The van der Waals surface area contributed by atoms with Crippen molar-refractivity contribution in [2.45, 2.75) is 25.6 Å². The monoisotopic (exact) mass is 362 g/mol. The highest BCUT2D eigenvalue weighted by molar-refractivity contribution is 5.93. The van der Waals surface area contributed by atoms with Gasteiger partial charge in [0, 0.05) is 12.5 Å². The molecule has 2 aromatic carbocycles. The lowest BCUT2D eigenvalue weighted by Gasteiger charge is -2.31. The van der Waals surface area contributed by atoms with E-state index in [1.807, 2.05) is 18.2 Å². The molecule has 1 aliphatic rings. The summed E-state index contributed by atoms with van der Waals surface area (Å²) in [6.45, 7) is 2.34. The van der Waals surface area contributed by atoms with Crippen LogP contribution in [0.5, 0.6) is 0 Å². The Hall–Kier alpha value is -2.34. The van der Waals surface area contributed by atoms with E-state index in [2.05, 4.69) is 22.3 Å². The average Bonchev–Trinajstić information content (AvgIpc) is 2.63. The van der Waals surface area contributed by atoms with Crippen molar-refractivity contribution >= 4 is 11.6 Å². The second-order valence-electron chi connectivity index (χ2n) is 6.57. The Kier molecular flexibility index (Phi) is 5.61. The lowest BCUT2D eigenvalue weighted by atomic mass is 9.95. The van der Waals surface area contributed by atoms with E-state index in [-0.39, 0.29) is 17.5 Å². The molecule has 2 aromatic rings. The first-order chi connectivity index (χ1) is 12.4. The number of halogens is 3. The number of nitrogens with zero attached hydrogens (tertiary/aromatic N) is 1. The highest BCUT2D eigenvalue weighted by Gasteiger charge is 2.34. The van der Waals surface area contributed by atoms with Gasteiger partial charge in [0.15, 0.2) is 0 Å². The molecule has 1 aliphatic heterocycles. The lowest BCUT2D eigenvalue weighted by Crippen LogP contribution is -2.38. The number of nitrogens with one attached hydrogen (secondary N) is 1. The van der Waals surface area contributed by atoms with Gasteiger partial charge in [-0.3, -0.25) is 9.69 Å². The molecule has 6 heteroatoms. The third-order valence-corrected chi connectivity index (χ3v) is 4.70. The molecule has 3 rings (SSSR count). The number of anilines is 1. The fourth-order valence-corrected chi connectivity index (χ4v) is 3.27. The van der Waals surface area contributed by atoms with Gasteiger partial charge in [-0.25, -0.2) is 0 Å². The fourth-order valence-electron chi connectivity index (χ4n) is 3.27. The van der Waals surface area contributed by atoms with Gasteiger partial charge < -0.3 is 5.32 Å². The lowest BCUT2D eigenvalue weighted by molar-refractivity contribution is -0.137. The van der Waals surface area contributed by atoms with E-state index in [4.69, 9.17) is 0 Å². The van der Waals surface area contributed by atoms with E-state index < -0.39 is 11.7 Å². The number of amides is 1. The summed E-state index contributed by atoms with van der Waals surface area (Å²) in [7, 11) is 0. The Balaban J connectivity index is 1.56. The number of carbonyl (C=O) groups is 1. The van der Waals surface area contributed by atoms with Gasteiger partial charge in [-0.1, -0.05) is 42.5 Å². The standard InChI is InChI=1S/C20H21F3N2O/c21-20(22,23)17-8-4-5-9-18(17)24-19(26)16-10-12-25(13-11-16)14-15-6-2-1-3-7-15/h1-9,16H,10-14H2,(H,24,26). The molecule has 1 N–H and O–H groups in total. The summed E-state index contributed by atoms with van der Waals surface area (Å²) in [6, 6.07) is 15.2. The number of benzene rings is 2. The zero-order valence-electron chi connectivity index (χ0n) is 14.3. The van der Waals surface area contributed by atoms with Crippen molar-refractivity contribution in [3.8, 4) is 0 Å². The molecule has 0 bridgehead atoms. The quantitative estimate of drug-likeness (QED) is 0.865. The summed E-state index contributed by atoms with van der Waals surface area (Å²) in [5.74, 6) is -0.593. The van der Waals surface area contributed by atoms with Gasteiger partial charge in [0.05, 0.1) is 11.3 Å². The molecule has 1 heterocycles. The van der Waals surface area contributed by atoms with Crippen LogP contribution < -0.4 is 5.32 Å². The van der Waals surface area contributed by atoms with Crippen LogP contribution in [-0.4, -0.2) is 23.9 Å². The molecule has 26 heavy (non-hydrogen) atoms. The largest absolute Gasteiger partial charge is 0.418 e. The molecule has 0 saturated carbocycles. The molecule has 0 spiro atoms. The molecule has 138 valence electrons. The fraction of sp³-hybridized carbons (Fsp3) is 0.350. The summed E-state index contributed by atoms with van der Waals surface area (Å²) < 4.78 is 39.1. The molecule has 0 aliphatic carbocycles. The first-order valence-electron chi connectivity index (χ1n) is 8.67. The van der Waals surface area contributed by atoms with Crippen LogP contribution in [0.25, 0.3) is 0 Å². The average molecular weight is 362 g/mol. The molecule has 3 nitrogen and oxygen atoms in total. The van der Waals surface area contributed by atoms with Crippen molar-refractivity contribution in [2.75, 3.05) is 18.4 Å². The van der Waals surface area contributed by atoms with Crippen LogP contribution in [0.4, 0.5) is 18.9 Å². The minimum Gasteiger partial charge on any atom is -0.325 e. The second kappa shape index (κ2) is 7.91. The number of rotatable bonds is 4. The molecule has 0 aromatic heterocycles. The maximum Gasteiger partial charge on any atom is 0.418 e. The number of carbonyl (C=O) groups excluding carboxylic acids is 1. The maximum absolute atomic E-state index is 13.0. The van der Waals surface area contributed by atoms with Crippen molar-refractivity contribution in [3.63, 3.8) is 0 Å². The molecular weight excluding hydrogens is 341 g/mol. The second-order valence-corrected chi connectivity index (χ2v) is 6.57. The van der Waals surface area contributed by atoms with Crippen LogP contribution in [0, 0.1) is 5.92 Å². The smallest absolute Gasteiger partial charge is 0.325 e.